The minimum absolute atomic E-state index is 0.0853. The Hall–Kier alpha value is -1.44. The van der Waals surface area contributed by atoms with Crippen molar-refractivity contribution in [2.75, 3.05) is 33.2 Å². The average Bonchev–Trinajstić information content (AvgIpc) is 2.85. The molecular formula is C29H43Cl3N4O3. The summed E-state index contributed by atoms with van der Waals surface area (Å²) >= 11 is 17.9. The molecule has 3 amide bonds. The molecule has 0 aromatic carbocycles. The first kappa shape index (κ1) is 30.5. The third kappa shape index (κ3) is 8.07. The van der Waals surface area contributed by atoms with Crippen molar-refractivity contribution in [2.24, 2.45) is 23.2 Å². The fourth-order valence-corrected chi connectivity index (χ4v) is 7.26. The van der Waals surface area contributed by atoms with Gasteiger partial charge < -0.3 is 19.9 Å². The first-order valence-corrected chi connectivity index (χ1v) is 15.4. The van der Waals surface area contributed by atoms with Gasteiger partial charge in [0, 0.05) is 45.6 Å². The fourth-order valence-electron chi connectivity index (χ4n) is 7.15. The van der Waals surface area contributed by atoms with Gasteiger partial charge in [0.25, 0.3) is 0 Å². The Morgan fingerprint density at radius 2 is 1.62 bits per heavy atom. The number of carbonyl (C=O) groups excluding carboxylic acids is 2. The Bertz CT molecular complexity index is 950. The Labute approximate surface area is 248 Å². The second-order valence-corrected chi connectivity index (χ2v) is 14.9. The number of alkyl halides is 3. The van der Waals surface area contributed by atoms with Gasteiger partial charge in [-0.25, -0.2) is 9.59 Å². The summed E-state index contributed by atoms with van der Waals surface area (Å²) in [5.74, 6) is 2.61. The van der Waals surface area contributed by atoms with Gasteiger partial charge in [-0.3, -0.25) is 4.98 Å². The normalized spacial score (nSPS) is 25.8. The average molecular weight is 602 g/mol. The molecule has 0 atom stereocenters. The van der Waals surface area contributed by atoms with Crippen molar-refractivity contribution in [1.29, 1.82) is 0 Å². The molecule has 1 aromatic rings. The van der Waals surface area contributed by atoms with E-state index in [2.05, 4.69) is 10.3 Å². The molecular weight excluding hydrogens is 559 g/mol. The molecule has 0 saturated heterocycles. The van der Waals surface area contributed by atoms with E-state index in [1.165, 1.54) is 49.0 Å². The summed E-state index contributed by atoms with van der Waals surface area (Å²) in [6, 6.07) is 3.91. The summed E-state index contributed by atoms with van der Waals surface area (Å²) in [4.78, 5) is 33.4. The molecule has 4 aliphatic carbocycles. The molecule has 4 fully saturated rings. The highest BCUT2D eigenvalue weighted by molar-refractivity contribution is 6.68. The Balaban J connectivity index is 1.33. The van der Waals surface area contributed by atoms with Crippen LogP contribution >= 0.6 is 34.8 Å². The molecule has 4 bridgehead atoms. The standard InChI is InChI=1S/C29H43Cl3N4O3/c1-27(2,29(30,31)32)39-26(38)35(3)13-14-36(25(37)34-9-4-5-21-6-10-33-11-7-21)12-8-28-18-22-15-23(19-28)17-24(16-22)20-28/h6-7,10-11,22-24H,4-5,8-9,12-20H2,1-3H3,(H,34,37). The van der Waals surface area contributed by atoms with Crippen LogP contribution in [0.4, 0.5) is 9.59 Å². The third-order valence-corrected chi connectivity index (χ3v) is 10.4. The van der Waals surface area contributed by atoms with Gasteiger partial charge in [-0.15, -0.1) is 0 Å². The number of ether oxygens (including phenoxy) is 1. The number of nitrogens with one attached hydrogen (secondary N) is 1. The number of halogens is 3. The molecule has 5 rings (SSSR count). The van der Waals surface area contributed by atoms with Gasteiger partial charge in [0.2, 0.25) is 3.79 Å². The monoisotopic (exact) mass is 600 g/mol. The highest BCUT2D eigenvalue weighted by Crippen LogP contribution is 2.61. The first-order chi connectivity index (χ1) is 18.4. The van der Waals surface area contributed by atoms with Crippen LogP contribution in [0.1, 0.15) is 70.8 Å². The van der Waals surface area contributed by atoms with Crippen LogP contribution in [0.25, 0.3) is 0 Å². The van der Waals surface area contributed by atoms with Gasteiger partial charge in [-0.2, -0.15) is 0 Å². The summed E-state index contributed by atoms with van der Waals surface area (Å²) in [6.07, 6.45) is 13.8. The molecule has 0 spiro atoms. The maximum Gasteiger partial charge on any atom is 0.410 e. The van der Waals surface area contributed by atoms with Gasteiger partial charge in [0.05, 0.1) is 0 Å². The van der Waals surface area contributed by atoms with Gasteiger partial charge in [-0.05, 0) is 112 Å². The van der Waals surface area contributed by atoms with Crippen LogP contribution in [0.5, 0.6) is 0 Å². The zero-order valence-corrected chi connectivity index (χ0v) is 25.7. The maximum atomic E-state index is 13.3. The molecule has 7 nitrogen and oxygen atoms in total. The predicted octanol–water partition coefficient (Wildman–Crippen LogP) is 6.85. The van der Waals surface area contributed by atoms with Crippen molar-refractivity contribution in [2.45, 2.75) is 81.0 Å². The first-order valence-electron chi connectivity index (χ1n) is 14.3. The fraction of sp³-hybridized carbons (Fsp3) is 0.759. The summed E-state index contributed by atoms with van der Waals surface area (Å²) in [5, 5.41) is 3.11. The number of aryl methyl sites for hydroxylation is 1. The van der Waals surface area contributed by atoms with E-state index in [9.17, 15) is 9.59 Å². The predicted molar refractivity (Wildman–Crippen MR) is 156 cm³/mol. The van der Waals surface area contributed by atoms with Crippen LogP contribution in [0.15, 0.2) is 24.5 Å². The Kier molecular flexibility index (Phi) is 9.86. The molecule has 10 heteroatoms. The van der Waals surface area contributed by atoms with Crippen molar-refractivity contribution in [1.82, 2.24) is 20.1 Å². The number of amides is 3. The lowest BCUT2D eigenvalue weighted by atomic mass is 9.49. The zero-order valence-electron chi connectivity index (χ0n) is 23.4. The van der Waals surface area contributed by atoms with E-state index < -0.39 is 15.5 Å². The zero-order chi connectivity index (χ0) is 28.3. The number of hydrogen-bond donors (Lipinski definition) is 1. The molecule has 0 radical (unpaired) electrons. The lowest BCUT2D eigenvalue weighted by Gasteiger charge is -2.57. The Morgan fingerprint density at radius 1 is 1.03 bits per heavy atom. The molecule has 0 aliphatic heterocycles. The maximum absolute atomic E-state index is 13.3. The number of pyridine rings is 1. The number of carbonyl (C=O) groups is 2. The highest BCUT2D eigenvalue weighted by atomic mass is 35.6. The highest BCUT2D eigenvalue weighted by Gasteiger charge is 2.50. The van der Waals surface area contributed by atoms with Crippen molar-refractivity contribution in [3.05, 3.63) is 30.1 Å². The summed E-state index contributed by atoms with van der Waals surface area (Å²) in [5.41, 5.74) is 0.275. The van der Waals surface area contributed by atoms with Crippen LogP contribution in [-0.2, 0) is 11.2 Å². The van der Waals surface area contributed by atoms with Gasteiger partial charge in [0.1, 0.15) is 0 Å². The molecule has 1 heterocycles. The van der Waals surface area contributed by atoms with E-state index in [1.807, 2.05) is 17.0 Å². The number of nitrogens with zero attached hydrogens (tertiary/aromatic N) is 3. The quantitative estimate of drug-likeness (QED) is 0.222. The molecule has 1 N–H and O–H groups in total. The van der Waals surface area contributed by atoms with E-state index in [0.717, 1.165) is 37.0 Å². The van der Waals surface area contributed by atoms with Crippen molar-refractivity contribution >= 4 is 46.9 Å². The number of urea groups is 1. The van der Waals surface area contributed by atoms with E-state index in [4.69, 9.17) is 39.5 Å². The summed E-state index contributed by atoms with van der Waals surface area (Å²) < 4.78 is 3.71. The van der Waals surface area contributed by atoms with Crippen LogP contribution in [-0.4, -0.2) is 69.5 Å². The van der Waals surface area contributed by atoms with E-state index in [0.29, 0.717) is 31.6 Å². The largest absolute Gasteiger partial charge is 0.439 e. The molecule has 0 unspecified atom stereocenters. The second-order valence-electron chi connectivity index (χ2n) is 12.6. The number of likely N-dealkylation sites (N-methyl/N-ethyl adjacent to an activating group) is 1. The van der Waals surface area contributed by atoms with Crippen molar-refractivity contribution in [3.8, 4) is 0 Å². The van der Waals surface area contributed by atoms with Crippen LogP contribution < -0.4 is 5.32 Å². The minimum Gasteiger partial charge on any atom is -0.439 e. The van der Waals surface area contributed by atoms with Gasteiger partial charge in [0.15, 0.2) is 5.60 Å². The van der Waals surface area contributed by atoms with E-state index in [1.54, 1.807) is 33.3 Å². The van der Waals surface area contributed by atoms with Gasteiger partial charge in [-0.1, -0.05) is 34.8 Å². The van der Waals surface area contributed by atoms with Crippen LogP contribution in [0.2, 0.25) is 0 Å². The summed E-state index contributed by atoms with van der Waals surface area (Å²) in [6.45, 7) is 5.11. The third-order valence-electron chi connectivity index (χ3n) is 9.07. The lowest BCUT2D eigenvalue weighted by molar-refractivity contribution is -0.0597. The topological polar surface area (TPSA) is 74.8 Å². The van der Waals surface area contributed by atoms with Crippen molar-refractivity contribution < 1.29 is 14.3 Å². The molecule has 4 aliphatic rings. The number of rotatable bonds is 11. The smallest absolute Gasteiger partial charge is 0.410 e. The second kappa shape index (κ2) is 12.6. The Morgan fingerprint density at radius 3 is 2.18 bits per heavy atom. The number of aromatic nitrogens is 1. The lowest BCUT2D eigenvalue weighted by Crippen LogP contribution is -2.50. The van der Waals surface area contributed by atoms with E-state index >= 15 is 0 Å². The number of hydrogen-bond acceptors (Lipinski definition) is 4. The minimum atomic E-state index is -1.76. The molecule has 1 aromatic heterocycles. The van der Waals surface area contributed by atoms with Crippen molar-refractivity contribution in [3.63, 3.8) is 0 Å². The van der Waals surface area contributed by atoms with Gasteiger partial charge >= 0.3 is 12.1 Å². The van der Waals surface area contributed by atoms with Crippen LogP contribution in [0.3, 0.4) is 0 Å². The molecule has 218 valence electrons. The molecule has 39 heavy (non-hydrogen) atoms. The van der Waals surface area contributed by atoms with Crippen LogP contribution in [0, 0.1) is 23.2 Å². The SMILES string of the molecule is CN(CCN(CCC12CC3CC(CC(C3)C1)C2)C(=O)NCCCc1ccncc1)C(=O)OC(C)(C)C(Cl)(Cl)Cl. The van der Waals surface area contributed by atoms with E-state index in [-0.39, 0.29) is 6.03 Å². The molecule has 4 saturated carbocycles. The summed E-state index contributed by atoms with van der Waals surface area (Å²) in [7, 11) is 1.64.